The number of carbonyl (C=O) groups is 2. The molecule has 0 saturated carbocycles. The molecule has 0 bridgehead atoms. The van der Waals surface area contributed by atoms with E-state index in [9.17, 15) is 18.0 Å². The summed E-state index contributed by atoms with van der Waals surface area (Å²) in [4.78, 5) is 26.1. The Morgan fingerprint density at radius 2 is 1.74 bits per heavy atom. The number of nitrogens with zero attached hydrogens (tertiary/aromatic N) is 1. The number of methoxy groups -OCH3 is 1. The van der Waals surface area contributed by atoms with Crippen molar-refractivity contribution in [2.75, 3.05) is 33.9 Å². The van der Waals surface area contributed by atoms with Crippen LogP contribution in [0.4, 0.5) is 0 Å². The van der Waals surface area contributed by atoms with Crippen LogP contribution in [0.5, 0.6) is 5.75 Å². The highest BCUT2D eigenvalue weighted by atomic mass is 32.2. The number of carbonyl (C=O) groups excluding carboxylic acids is 2. The standard InChI is InChI=1S/C18H26N2O6S/c1-19-27(23,24)16-12-14(8-9-15(16)25-2)18(22)26-13-17(21)20-10-6-4-3-5-7-11-20/h8-9,12,19H,3-7,10-11,13H2,1-2H3. The van der Waals surface area contributed by atoms with Crippen molar-refractivity contribution >= 4 is 21.9 Å². The smallest absolute Gasteiger partial charge is 0.338 e. The zero-order valence-corrected chi connectivity index (χ0v) is 16.5. The molecule has 1 heterocycles. The van der Waals surface area contributed by atoms with Crippen molar-refractivity contribution in [3.63, 3.8) is 0 Å². The zero-order valence-electron chi connectivity index (χ0n) is 15.7. The number of amides is 1. The van der Waals surface area contributed by atoms with Crippen molar-refractivity contribution in [1.29, 1.82) is 0 Å². The van der Waals surface area contributed by atoms with E-state index in [2.05, 4.69) is 4.72 Å². The molecule has 9 heteroatoms. The molecule has 0 aromatic heterocycles. The third-order valence-corrected chi connectivity index (χ3v) is 5.93. The molecule has 0 spiro atoms. The minimum atomic E-state index is -3.81. The second-order valence-electron chi connectivity index (χ2n) is 6.30. The first-order valence-electron chi connectivity index (χ1n) is 8.95. The van der Waals surface area contributed by atoms with Gasteiger partial charge >= 0.3 is 5.97 Å². The van der Waals surface area contributed by atoms with Gasteiger partial charge in [0, 0.05) is 13.1 Å². The summed E-state index contributed by atoms with van der Waals surface area (Å²) < 4.78 is 36.5. The van der Waals surface area contributed by atoms with Gasteiger partial charge in [0.25, 0.3) is 5.91 Å². The van der Waals surface area contributed by atoms with Gasteiger partial charge in [-0.3, -0.25) is 4.79 Å². The van der Waals surface area contributed by atoms with Gasteiger partial charge < -0.3 is 14.4 Å². The molecule has 1 aliphatic rings. The molecule has 1 aliphatic heterocycles. The minimum absolute atomic E-state index is 0.0325. The minimum Gasteiger partial charge on any atom is -0.495 e. The molecule has 1 aromatic rings. The van der Waals surface area contributed by atoms with Crippen LogP contribution in [-0.2, 0) is 19.6 Å². The van der Waals surface area contributed by atoms with Crippen molar-refractivity contribution in [2.45, 2.75) is 37.0 Å². The van der Waals surface area contributed by atoms with Crippen molar-refractivity contribution < 1.29 is 27.5 Å². The van der Waals surface area contributed by atoms with Crippen molar-refractivity contribution in [3.05, 3.63) is 23.8 Å². The van der Waals surface area contributed by atoms with E-state index in [-0.39, 0.29) is 28.7 Å². The molecular formula is C18H26N2O6S. The van der Waals surface area contributed by atoms with Crippen molar-refractivity contribution in [2.24, 2.45) is 0 Å². The lowest BCUT2D eigenvalue weighted by Gasteiger charge is -2.24. The van der Waals surface area contributed by atoms with Gasteiger partial charge in [-0.2, -0.15) is 0 Å². The van der Waals surface area contributed by atoms with Crippen LogP contribution in [0.2, 0.25) is 0 Å². The highest BCUT2D eigenvalue weighted by Gasteiger charge is 2.22. The van der Waals surface area contributed by atoms with Gasteiger partial charge in [0.2, 0.25) is 10.0 Å². The first-order valence-corrected chi connectivity index (χ1v) is 10.4. The Labute approximate surface area is 159 Å². The largest absolute Gasteiger partial charge is 0.495 e. The Hall–Kier alpha value is -2.13. The van der Waals surface area contributed by atoms with Crippen LogP contribution in [0, 0.1) is 0 Å². The zero-order chi connectivity index (χ0) is 19.9. The normalized spacial score (nSPS) is 15.6. The van der Waals surface area contributed by atoms with Crippen LogP contribution in [0.1, 0.15) is 42.5 Å². The average Bonchev–Trinajstić information content (AvgIpc) is 2.65. The molecule has 0 atom stereocenters. The summed E-state index contributed by atoms with van der Waals surface area (Å²) in [6.45, 7) is 0.978. The molecule has 1 saturated heterocycles. The number of hydrogen-bond acceptors (Lipinski definition) is 6. The van der Waals surface area contributed by atoms with Crippen LogP contribution < -0.4 is 9.46 Å². The Balaban J connectivity index is 2.05. The lowest BCUT2D eigenvalue weighted by Crippen LogP contribution is -2.37. The van der Waals surface area contributed by atoms with Crippen LogP contribution >= 0.6 is 0 Å². The highest BCUT2D eigenvalue weighted by Crippen LogP contribution is 2.25. The lowest BCUT2D eigenvalue weighted by molar-refractivity contribution is -0.134. The molecule has 2 rings (SSSR count). The van der Waals surface area contributed by atoms with Crippen molar-refractivity contribution in [1.82, 2.24) is 9.62 Å². The fraction of sp³-hybridized carbons (Fsp3) is 0.556. The summed E-state index contributed by atoms with van der Waals surface area (Å²) in [5.41, 5.74) is 0.0325. The summed E-state index contributed by atoms with van der Waals surface area (Å²) in [5.74, 6) is -0.884. The molecule has 150 valence electrons. The molecule has 1 N–H and O–H groups in total. The van der Waals surface area contributed by atoms with Gasteiger partial charge in [-0.05, 0) is 38.1 Å². The van der Waals surface area contributed by atoms with Gasteiger partial charge in [0.15, 0.2) is 6.61 Å². The Bertz CT molecular complexity index is 770. The molecule has 0 aliphatic carbocycles. The Morgan fingerprint density at radius 3 is 2.33 bits per heavy atom. The van der Waals surface area contributed by atoms with Gasteiger partial charge in [0.05, 0.1) is 12.7 Å². The molecule has 0 radical (unpaired) electrons. The second kappa shape index (κ2) is 9.70. The van der Waals surface area contributed by atoms with E-state index in [1.807, 2.05) is 0 Å². The summed E-state index contributed by atoms with van der Waals surface area (Å²) in [5, 5.41) is 0. The summed E-state index contributed by atoms with van der Waals surface area (Å²) in [6, 6.07) is 3.95. The first kappa shape index (κ1) is 21.2. The molecule has 1 aromatic carbocycles. The molecular weight excluding hydrogens is 372 g/mol. The third-order valence-electron chi connectivity index (χ3n) is 4.49. The predicted molar refractivity (Wildman–Crippen MR) is 99.2 cm³/mol. The van der Waals surface area contributed by atoms with E-state index in [0.717, 1.165) is 25.7 Å². The highest BCUT2D eigenvalue weighted by molar-refractivity contribution is 7.89. The molecule has 8 nitrogen and oxygen atoms in total. The number of nitrogens with one attached hydrogen (secondary N) is 1. The summed E-state index contributed by atoms with van der Waals surface area (Å²) >= 11 is 0. The Kier molecular flexibility index (Phi) is 7.61. The summed E-state index contributed by atoms with van der Waals surface area (Å²) in [7, 11) is -1.21. The number of rotatable bonds is 6. The number of benzene rings is 1. The number of ether oxygens (including phenoxy) is 2. The third kappa shape index (κ3) is 5.67. The quantitative estimate of drug-likeness (QED) is 0.730. The van der Waals surface area contributed by atoms with Crippen LogP contribution in [0.3, 0.4) is 0 Å². The SMILES string of the molecule is CNS(=O)(=O)c1cc(C(=O)OCC(=O)N2CCCCCCC2)ccc1OC. The predicted octanol–water partition coefficient (Wildman–Crippen LogP) is 1.55. The molecule has 0 unspecified atom stereocenters. The van der Waals surface area contributed by atoms with E-state index in [0.29, 0.717) is 13.1 Å². The van der Waals surface area contributed by atoms with Crippen LogP contribution in [0.15, 0.2) is 23.1 Å². The van der Waals surface area contributed by atoms with Gasteiger partial charge in [0.1, 0.15) is 10.6 Å². The van der Waals surface area contributed by atoms with Gasteiger partial charge in [-0.25, -0.2) is 17.9 Å². The monoisotopic (exact) mass is 398 g/mol. The van der Waals surface area contributed by atoms with E-state index < -0.39 is 16.0 Å². The summed E-state index contributed by atoms with van der Waals surface area (Å²) in [6.07, 6.45) is 5.27. The molecule has 1 fully saturated rings. The van der Waals surface area contributed by atoms with E-state index >= 15 is 0 Å². The maximum atomic E-state index is 12.3. The van der Waals surface area contributed by atoms with Crippen molar-refractivity contribution in [3.8, 4) is 5.75 Å². The van der Waals surface area contributed by atoms with Crippen LogP contribution in [-0.4, -0.2) is 59.0 Å². The van der Waals surface area contributed by atoms with E-state index in [4.69, 9.17) is 9.47 Å². The van der Waals surface area contributed by atoms with E-state index in [1.165, 1.54) is 38.8 Å². The number of hydrogen-bond donors (Lipinski definition) is 1. The van der Waals surface area contributed by atoms with Gasteiger partial charge in [-0.15, -0.1) is 0 Å². The fourth-order valence-electron chi connectivity index (χ4n) is 2.92. The molecule has 27 heavy (non-hydrogen) atoms. The lowest BCUT2D eigenvalue weighted by atomic mass is 10.1. The maximum absolute atomic E-state index is 12.3. The fourth-order valence-corrected chi connectivity index (χ4v) is 3.84. The Morgan fingerprint density at radius 1 is 1.11 bits per heavy atom. The number of esters is 1. The number of sulfonamides is 1. The number of likely N-dealkylation sites (tertiary alicyclic amines) is 1. The van der Waals surface area contributed by atoms with E-state index in [1.54, 1.807) is 4.90 Å². The topological polar surface area (TPSA) is 102 Å². The first-order chi connectivity index (χ1) is 12.9. The van der Waals surface area contributed by atoms with Gasteiger partial charge in [-0.1, -0.05) is 19.3 Å². The average molecular weight is 398 g/mol. The maximum Gasteiger partial charge on any atom is 0.338 e. The van der Waals surface area contributed by atoms with Crippen LogP contribution in [0.25, 0.3) is 0 Å². The second-order valence-corrected chi connectivity index (χ2v) is 8.15. The molecule has 1 amide bonds.